The number of carbonyl (C=O) groups excluding carboxylic acids is 1. The molecule has 0 bridgehead atoms. The van der Waals surface area contributed by atoms with Crippen molar-refractivity contribution in [1.29, 1.82) is 0 Å². The van der Waals surface area contributed by atoms with Crippen molar-refractivity contribution < 1.29 is 13.6 Å². The van der Waals surface area contributed by atoms with Crippen LogP contribution in [0.5, 0.6) is 0 Å². The summed E-state index contributed by atoms with van der Waals surface area (Å²) in [6.45, 7) is 0. The maximum absolute atomic E-state index is 13.0. The first kappa shape index (κ1) is 13.3. The van der Waals surface area contributed by atoms with Crippen molar-refractivity contribution in [2.24, 2.45) is 0 Å². The highest BCUT2D eigenvalue weighted by Gasteiger charge is 2.12. The Morgan fingerprint density at radius 1 is 1.11 bits per heavy atom. The predicted molar refractivity (Wildman–Crippen MR) is 70.2 cm³/mol. The first-order valence-electron chi connectivity index (χ1n) is 5.28. The molecule has 98 valence electrons. The second-order valence-electron chi connectivity index (χ2n) is 3.85. The van der Waals surface area contributed by atoms with Crippen LogP contribution < -0.4 is 11.1 Å². The van der Waals surface area contributed by atoms with E-state index in [0.29, 0.717) is 11.8 Å². The Morgan fingerprint density at radius 2 is 1.74 bits per heavy atom. The number of nitrogens with one attached hydrogen (secondary N) is 1. The molecule has 19 heavy (non-hydrogen) atoms. The lowest BCUT2D eigenvalue weighted by atomic mass is 10.2. The molecule has 0 saturated carbocycles. The van der Waals surface area contributed by atoms with Crippen molar-refractivity contribution in [2.75, 3.05) is 11.1 Å². The Balaban J connectivity index is 2.28. The molecule has 3 N–H and O–H groups in total. The van der Waals surface area contributed by atoms with E-state index in [9.17, 15) is 13.6 Å². The van der Waals surface area contributed by atoms with Gasteiger partial charge in [-0.3, -0.25) is 4.79 Å². The van der Waals surface area contributed by atoms with Gasteiger partial charge in [0.2, 0.25) is 0 Å². The molecule has 0 aliphatic carbocycles. The Morgan fingerprint density at radius 3 is 2.37 bits per heavy atom. The number of hydrogen-bond acceptors (Lipinski definition) is 2. The molecule has 6 heteroatoms. The molecule has 0 atom stereocenters. The van der Waals surface area contributed by atoms with Crippen LogP contribution in [0.15, 0.2) is 36.4 Å². The number of rotatable bonds is 2. The van der Waals surface area contributed by atoms with Gasteiger partial charge in [0.1, 0.15) is 11.6 Å². The van der Waals surface area contributed by atoms with Gasteiger partial charge in [-0.05, 0) is 30.3 Å². The number of nitrogens with two attached hydrogens (primary N) is 1. The number of nitrogen functional groups attached to an aromatic ring is 1. The zero-order valence-electron chi connectivity index (χ0n) is 9.58. The minimum absolute atomic E-state index is 0.000918. The van der Waals surface area contributed by atoms with E-state index in [2.05, 4.69) is 5.32 Å². The van der Waals surface area contributed by atoms with Crippen LogP contribution in [-0.2, 0) is 0 Å². The van der Waals surface area contributed by atoms with Gasteiger partial charge in [-0.25, -0.2) is 8.78 Å². The van der Waals surface area contributed by atoms with Gasteiger partial charge >= 0.3 is 0 Å². The monoisotopic (exact) mass is 282 g/mol. The summed E-state index contributed by atoms with van der Waals surface area (Å²) in [5.41, 5.74) is 6.04. The average molecular weight is 283 g/mol. The van der Waals surface area contributed by atoms with Crippen LogP contribution in [-0.4, -0.2) is 5.91 Å². The van der Waals surface area contributed by atoms with Crippen molar-refractivity contribution in [3.8, 4) is 0 Å². The Kier molecular flexibility index (Phi) is 3.66. The molecule has 2 aromatic rings. The van der Waals surface area contributed by atoms with E-state index in [0.717, 1.165) is 12.1 Å². The summed E-state index contributed by atoms with van der Waals surface area (Å²) in [4.78, 5) is 11.9. The fourth-order valence-electron chi connectivity index (χ4n) is 1.54. The highest BCUT2D eigenvalue weighted by Crippen LogP contribution is 2.21. The van der Waals surface area contributed by atoms with Crippen LogP contribution in [0.25, 0.3) is 0 Å². The molecule has 0 heterocycles. The quantitative estimate of drug-likeness (QED) is 0.829. The number of hydrogen-bond donors (Lipinski definition) is 2. The number of amides is 1. The third-order valence-corrected chi connectivity index (χ3v) is 2.69. The first-order valence-corrected chi connectivity index (χ1v) is 5.66. The normalized spacial score (nSPS) is 10.3. The highest BCUT2D eigenvalue weighted by molar-refractivity contribution is 6.34. The summed E-state index contributed by atoms with van der Waals surface area (Å²) in [6.07, 6.45) is 0. The Hall–Kier alpha value is -2.14. The van der Waals surface area contributed by atoms with Gasteiger partial charge in [-0.1, -0.05) is 11.6 Å². The molecule has 0 aromatic heterocycles. The summed E-state index contributed by atoms with van der Waals surface area (Å²) < 4.78 is 26.0. The average Bonchev–Trinajstić information content (AvgIpc) is 2.30. The second-order valence-corrected chi connectivity index (χ2v) is 4.26. The van der Waals surface area contributed by atoms with E-state index in [1.807, 2.05) is 0 Å². The lowest BCUT2D eigenvalue weighted by Crippen LogP contribution is -2.13. The Bertz CT molecular complexity index is 626. The summed E-state index contributed by atoms with van der Waals surface area (Å²) in [7, 11) is 0. The fourth-order valence-corrected chi connectivity index (χ4v) is 1.74. The SMILES string of the molecule is Nc1ccc(Cl)c(C(=O)Nc2cc(F)cc(F)c2)c1. The van der Waals surface area contributed by atoms with Gasteiger partial charge in [0, 0.05) is 17.4 Å². The highest BCUT2D eigenvalue weighted by atomic mass is 35.5. The molecule has 0 aliphatic rings. The van der Waals surface area contributed by atoms with Gasteiger partial charge in [0.05, 0.1) is 10.6 Å². The maximum Gasteiger partial charge on any atom is 0.257 e. The van der Waals surface area contributed by atoms with E-state index >= 15 is 0 Å². The molecule has 0 saturated heterocycles. The molecule has 0 aliphatic heterocycles. The van der Waals surface area contributed by atoms with E-state index < -0.39 is 17.5 Å². The standard InChI is InChI=1S/C13H9ClF2N2O/c14-12-2-1-9(17)6-11(12)13(19)18-10-4-7(15)3-8(16)5-10/h1-6H,17H2,(H,18,19). The molecule has 3 nitrogen and oxygen atoms in total. The van der Waals surface area contributed by atoms with Crippen LogP contribution in [0.2, 0.25) is 5.02 Å². The van der Waals surface area contributed by atoms with Crippen LogP contribution in [0.3, 0.4) is 0 Å². The Labute approximate surface area is 113 Å². The van der Waals surface area contributed by atoms with Crippen LogP contribution in [0, 0.1) is 11.6 Å². The third-order valence-electron chi connectivity index (χ3n) is 2.36. The largest absolute Gasteiger partial charge is 0.399 e. The molecule has 0 radical (unpaired) electrons. The molecular formula is C13H9ClF2N2O. The molecule has 1 amide bonds. The number of carbonyl (C=O) groups is 1. The predicted octanol–water partition coefficient (Wildman–Crippen LogP) is 3.45. The minimum Gasteiger partial charge on any atom is -0.399 e. The smallest absolute Gasteiger partial charge is 0.257 e. The van der Waals surface area contributed by atoms with Gasteiger partial charge in [0.25, 0.3) is 5.91 Å². The lowest BCUT2D eigenvalue weighted by molar-refractivity contribution is 0.102. The second kappa shape index (κ2) is 5.24. The van der Waals surface area contributed by atoms with Gasteiger partial charge in [-0.15, -0.1) is 0 Å². The van der Waals surface area contributed by atoms with Crippen molar-refractivity contribution in [3.63, 3.8) is 0 Å². The van der Waals surface area contributed by atoms with E-state index in [1.165, 1.54) is 12.1 Å². The molecule has 0 spiro atoms. The molecule has 0 unspecified atom stereocenters. The first-order chi connectivity index (χ1) is 8.95. The summed E-state index contributed by atoms with van der Waals surface area (Å²) in [6, 6.07) is 7.11. The minimum atomic E-state index is -0.783. The lowest BCUT2D eigenvalue weighted by Gasteiger charge is -2.08. The molecule has 2 rings (SSSR count). The number of halogens is 3. The van der Waals surface area contributed by atoms with E-state index in [-0.39, 0.29) is 16.3 Å². The number of benzene rings is 2. The number of anilines is 2. The van der Waals surface area contributed by atoms with E-state index in [4.69, 9.17) is 17.3 Å². The fraction of sp³-hybridized carbons (Fsp3) is 0. The summed E-state index contributed by atoms with van der Waals surface area (Å²) in [5, 5.41) is 2.55. The van der Waals surface area contributed by atoms with Crippen LogP contribution in [0.1, 0.15) is 10.4 Å². The van der Waals surface area contributed by atoms with Crippen LogP contribution >= 0.6 is 11.6 Å². The van der Waals surface area contributed by atoms with Crippen molar-refractivity contribution in [1.82, 2.24) is 0 Å². The van der Waals surface area contributed by atoms with Crippen molar-refractivity contribution in [2.45, 2.75) is 0 Å². The van der Waals surface area contributed by atoms with E-state index in [1.54, 1.807) is 6.07 Å². The third kappa shape index (κ3) is 3.20. The maximum atomic E-state index is 13.0. The van der Waals surface area contributed by atoms with Gasteiger partial charge in [0.15, 0.2) is 0 Å². The van der Waals surface area contributed by atoms with Gasteiger partial charge in [-0.2, -0.15) is 0 Å². The van der Waals surface area contributed by atoms with Crippen molar-refractivity contribution in [3.05, 3.63) is 58.6 Å². The topological polar surface area (TPSA) is 55.1 Å². The summed E-state index contributed by atoms with van der Waals surface area (Å²) >= 11 is 5.86. The zero-order valence-corrected chi connectivity index (χ0v) is 10.3. The molecular weight excluding hydrogens is 274 g/mol. The zero-order chi connectivity index (χ0) is 14.0. The van der Waals surface area contributed by atoms with Crippen LogP contribution in [0.4, 0.5) is 20.2 Å². The summed E-state index contributed by atoms with van der Waals surface area (Å²) in [5.74, 6) is -2.16. The molecule has 2 aromatic carbocycles. The molecule has 0 fully saturated rings. The van der Waals surface area contributed by atoms with Crippen molar-refractivity contribution >= 4 is 28.9 Å². The van der Waals surface area contributed by atoms with Gasteiger partial charge < -0.3 is 11.1 Å².